The molecule has 0 aliphatic heterocycles. The molecule has 1 atom stereocenters. The Morgan fingerprint density at radius 1 is 1.09 bits per heavy atom. The molecule has 1 unspecified atom stereocenters. The molecule has 4 nitrogen and oxygen atoms in total. The maximum Gasteiger partial charge on any atom is 0.335 e. The Labute approximate surface area is 129 Å². The number of Topliss-reactive ketones (excluding diaryl/α,β-unsaturated/α-hetero) is 1. The lowest BCUT2D eigenvalue weighted by Gasteiger charge is -2.19. The number of benzene rings is 2. The van der Waals surface area contributed by atoms with Crippen molar-refractivity contribution in [2.24, 2.45) is 0 Å². The van der Waals surface area contributed by atoms with Gasteiger partial charge in [-0.1, -0.05) is 30.3 Å². The van der Waals surface area contributed by atoms with Crippen molar-refractivity contribution in [1.29, 1.82) is 0 Å². The lowest BCUT2D eigenvalue weighted by Crippen LogP contribution is -2.11. The molecule has 0 aromatic heterocycles. The van der Waals surface area contributed by atoms with Crippen LogP contribution in [0.25, 0.3) is 0 Å². The van der Waals surface area contributed by atoms with Crippen LogP contribution in [0.15, 0.2) is 48.5 Å². The molecule has 0 radical (unpaired) electrons. The van der Waals surface area contributed by atoms with E-state index in [0.717, 1.165) is 11.3 Å². The van der Waals surface area contributed by atoms with Crippen molar-refractivity contribution in [1.82, 2.24) is 0 Å². The predicted octanol–water partition coefficient (Wildman–Crippen LogP) is 3.50. The molecular formula is C18H18O4. The maximum absolute atomic E-state index is 11.6. The van der Waals surface area contributed by atoms with Gasteiger partial charge >= 0.3 is 5.97 Å². The molecule has 0 saturated carbocycles. The highest BCUT2D eigenvalue weighted by Gasteiger charge is 2.21. The van der Waals surface area contributed by atoms with Crippen molar-refractivity contribution >= 4 is 11.8 Å². The highest BCUT2D eigenvalue weighted by molar-refractivity contribution is 5.90. The summed E-state index contributed by atoms with van der Waals surface area (Å²) >= 11 is 0. The highest BCUT2D eigenvalue weighted by atomic mass is 16.5. The molecular weight excluding hydrogens is 280 g/mol. The molecule has 2 rings (SSSR count). The quantitative estimate of drug-likeness (QED) is 0.886. The van der Waals surface area contributed by atoms with Gasteiger partial charge in [0.05, 0.1) is 12.7 Å². The first-order valence-electron chi connectivity index (χ1n) is 6.98. The summed E-state index contributed by atoms with van der Waals surface area (Å²) in [7, 11) is 1.59. The normalized spacial score (nSPS) is 11.7. The number of rotatable bonds is 6. The van der Waals surface area contributed by atoms with Gasteiger partial charge in [-0.15, -0.1) is 0 Å². The molecule has 2 aromatic carbocycles. The van der Waals surface area contributed by atoms with Crippen LogP contribution < -0.4 is 4.74 Å². The van der Waals surface area contributed by atoms with Crippen molar-refractivity contribution in [2.75, 3.05) is 7.11 Å². The third-order valence-electron chi connectivity index (χ3n) is 3.58. The van der Waals surface area contributed by atoms with Gasteiger partial charge in [0.1, 0.15) is 11.5 Å². The van der Waals surface area contributed by atoms with E-state index in [2.05, 4.69) is 0 Å². The first-order valence-corrected chi connectivity index (χ1v) is 6.98. The van der Waals surface area contributed by atoms with Crippen LogP contribution in [-0.2, 0) is 4.79 Å². The van der Waals surface area contributed by atoms with E-state index in [1.165, 1.54) is 6.92 Å². The summed E-state index contributed by atoms with van der Waals surface area (Å²) in [5, 5.41) is 9.37. The smallest absolute Gasteiger partial charge is 0.335 e. The summed E-state index contributed by atoms with van der Waals surface area (Å²) in [5.41, 5.74) is 1.77. The number of carbonyl (C=O) groups excluding carboxylic acids is 1. The van der Waals surface area contributed by atoms with Crippen LogP contribution in [0.1, 0.15) is 40.7 Å². The minimum Gasteiger partial charge on any atom is -0.497 e. The van der Waals surface area contributed by atoms with Crippen LogP contribution in [0.4, 0.5) is 0 Å². The summed E-state index contributed by atoms with van der Waals surface area (Å²) in [6, 6.07) is 14.2. The molecule has 0 bridgehead atoms. The summed E-state index contributed by atoms with van der Waals surface area (Å²) in [4.78, 5) is 23.1. The highest BCUT2D eigenvalue weighted by Crippen LogP contribution is 2.31. The second kappa shape index (κ2) is 6.89. The zero-order valence-electron chi connectivity index (χ0n) is 12.6. The Hall–Kier alpha value is -2.62. The van der Waals surface area contributed by atoms with Crippen LogP contribution in [0.3, 0.4) is 0 Å². The van der Waals surface area contributed by atoms with Gasteiger partial charge in [-0.2, -0.15) is 0 Å². The fraction of sp³-hybridized carbons (Fsp3) is 0.222. The van der Waals surface area contributed by atoms with E-state index in [1.807, 2.05) is 24.3 Å². The summed E-state index contributed by atoms with van der Waals surface area (Å²) < 4.78 is 5.14. The Balaban J connectivity index is 2.50. The van der Waals surface area contributed by atoms with Gasteiger partial charge in [0, 0.05) is 12.3 Å². The van der Waals surface area contributed by atoms with E-state index in [-0.39, 0.29) is 23.7 Å². The third-order valence-corrected chi connectivity index (χ3v) is 3.58. The molecule has 1 N–H and O–H groups in total. The number of ether oxygens (including phenoxy) is 1. The van der Waals surface area contributed by atoms with E-state index in [1.54, 1.807) is 31.4 Å². The average Bonchev–Trinajstić information content (AvgIpc) is 2.52. The zero-order chi connectivity index (χ0) is 16.1. The van der Waals surface area contributed by atoms with Gasteiger partial charge < -0.3 is 9.84 Å². The van der Waals surface area contributed by atoms with E-state index in [4.69, 9.17) is 4.74 Å². The first-order chi connectivity index (χ1) is 10.5. The second-order valence-electron chi connectivity index (χ2n) is 5.12. The Kier molecular flexibility index (Phi) is 4.94. The van der Waals surface area contributed by atoms with Crippen molar-refractivity contribution in [2.45, 2.75) is 19.3 Å². The Morgan fingerprint density at radius 2 is 1.73 bits per heavy atom. The number of methoxy groups -OCH3 is 1. The number of hydrogen-bond donors (Lipinski definition) is 1. The number of carbonyl (C=O) groups is 2. The van der Waals surface area contributed by atoms with Crippen molar-refractivity contribution < 1.29 is 19.4 Å². The van der Waals surface area contributed by atoms with Gasteiger partial charge in [-0.3, -0.25) is 4.79 Å². The molecule has 0 aliphatic carbocycles. The Morgan fingerprint density at radius 3 is 2.27 bits per heavy atom. The van der Waals surface area contributed by atoms with Gasteiger partial charge in [0.15, 0.2) is 0 Å². The Bertz CT molecular complexity index is 674. The molecule has 2 aromatic rings. The predicted molar refractivity (Wildman–Crippen MR) is 83.5 cm³/mol. The van der Waals surface area contributed by atoms with Crippen LogP contribution in [0.2, 0.25) is 0 Å². The minimum absolute atomic E-state index is 0.0148. The van der Waals surface area contributed by atoms with Crippen LogP contribution in [0, 0.1) is 0 Å². The fourth-order valence-electron chi connectivity index (χ4n) is 2.53. The monoisotopic (exact) mass is 298 g/mol. The van der Waals surface area contributed by atoms with E-state index in [0.29, 0.717) is 5.56 Å². The topological polar surface area (TPSA) is 63.6 Å². The molecule has 0 spiro atoms. The molecule has 114 valence electrons. The van der Waals surface area contributed by atoms with Gasteiger partial charge in [-0.25, -0.2) is 4.79 Å². The largest absolute Gasteiger partial charge is 0.497 e. The third kappa shape index (κ3) is 3.52. The average molecular weight is 298 g/mol. The summed E-state index contributed by atoms with van der Waals surface area (Å²) in [6.07, 6.45) is 0.261. The maximum atomic E-state index is 11.6. The van der Waals surface area contributed by atoms with Crippen molar-refractivity contribution in [3.63, 3.8) is 0 Å². The second-order valence-corrected chi connectivity index (χ2v) is 5.12. The van der Waals surface area contributed by atoms with Gasteiger partial charge in [0.25, 0.3) is 0 Å². The summed E-state index contributed by atoms with van der Waals surface area (Å²) in [5.74, 6) is -0.536. The van der Waals surface area contributed by atoms with E-state index < -0.39 is 5.97 Å². The molecule has 0 amide bonds. The lowest BCUT2D eigenvalue weighted by molar-refractivity contribution is -0.117. The van der Waals surface area contributed by atoms with Gasteiger partial charge in [0.2, 0.25) is 0 Å². The molecule has 0 aliphatic rings. The van der Waals surface area contributed by atoms with Crippen molar-refractivity contribution in [3.05, 3.63) is 65.2 Å². The lowest BCUT2D eigenvalue weighted by atomic mass is 9.84. The SMILES string of the molecule is COc1ccc(C(CC(C)=O)c2ccccc2C(=O)O)cc1. The minimum atomic E-state index is -0.988. The number of hydrogen-bond acceptors (Lipinski definition) is 3. The standard InChI is InChI=1S/C18H18O4/c1-12(19)11-17(13-7-9-14(22-2)10-8-13)15-5-3-4-6-16(15)18(20)21/h3-10,17H,11H2,1-2H3,(H,20,21). The number of carboxylic acids is 1. The summed E-state index contributed by atoms with van der Waals surface area (Å²) in [6.45, 7) is 1.51. The molecule has 0 heterocycles. The van der Waals surface area contributed by atoms with Crippen LogP contribution in [0.5, 0.6) is 5.75 Å². The van der Waals surface area contributed by atoms with Crippen LogP contribution >= 0.6 is 0 Å². The van der Waals surface area contributed by atoms with Crippen LogP contribution in [-0.4, -0.2) is 24.0 Å². The van der Waals surface area contributed by atoms with E-state index >= 15 is 0 Å². The van der Waals surface area contributed by atoms with E-state index in [9.17, 15) is 14.7 Å². The first kappa shape index (κ1) is 15.8. The van der Waals surface area contributed by atoms with Crippen molar-refractivity contribution in [3.8, 4) is 5.75 Å². The molecule has 0 fully saturated rings. The molecule has 0 saturated heterocycles. The number of carboxylic acid groups (broad SMARTS) is 1. The molecule has 22 heavy (non-hydrogen) atoms. The van der Waals surface area contributed by atoms with Gasteiger partial charge in [-0.05, 0) is 36.2 Å². The molecule has 4 heteroatoms. The number of ketones is 1. The fourth-order valence-corrected chi connectivity index (χ4v) is 2.53. The number of aromatic carboxylic acids is 1. The zero-order valence-corrected chi connectivity index (χ0v) is 12.6.